The van der Waals surface area contributed by atoms with Crippen LogP contribution in [0, 0.1) is 0 Å². The first kappa shape index (κ1) is 68.8. The maximum absolute atomic E-state index is 12.8. The summed E-state index contributed by atoms with van der Waals surface area (Å²) in [5, 5.41) is 0. The molecule has 0 N–H and O–H groups in total. The quantitative estimate of drug-likeness (QED) is 0.0261. The summed E-state index contributed by atoms with van der Waals surface area (Å²) in [5.74, 6) is -0.876. The number of hydrogen-bond donors (Lipinski definition) is 0. The molecule has 0 saturated heterocycles. The SMILES string of the molecule is CC/C=C\C/C=C\C/C=C\C/C=C\C/C=C\CCCCCCCCCCCCCCCCCC(=O)OCC(COC(=O)CCCCCCCCCC)OC(=O)CCCCCCC/C=C\CCCCCCCC. The zero-order chi connectivity index (χ0) is 52.2. The van der Waals surface area contributed by atoms with Gasteiger partial charge in [-0.05, 0) is 89.9 Å². The summed E-state index contributed by atoms with van der Waals surface area (Å²) >= 11 is 0. The molecule has 1 atom stereocenters. The lowest BCUT2D eigenvalue weighted by molar-refractivity contribution is -0.167. The first-order valence-electron chi connectivity index (χ1n) is 30.9. The van der Waals surface area contributed by atoms with Gasteiger partial charge in [0.15, 0.2) is 6.10 Å². The Morgan fingerprint density at radius 3 is 0.861 bits per heavy atom. The van der Waals surface area contributed by atoms with Crippen LogP contribution in [0.15, 0.2) is 72.9 Å². The Kier molecular flexibility index (Phi) is 57.8. The van der Waals surface area contributed by atoms with E-state index in [4.69, 9.17) is 14.2 Å². The maximum Gasteiger partial charge on any atom is 0.306 e. The van der Waals surface area contributed by atoms with Crippen molar-refractivity contribution in [2.24, 2.45) is 0 Å². The summed E-state index contributed by atoms with van der Waals surface area (Å²) in [6, 6.07) is 0. The van der Waals surface area contributed by atoms with Crippen LogP contribution in [0.25, 0.3) is 0 Å². The average molecular weight is 1010 g/mol. The van der Waals surface area contributed by atoms with Crippen LogP contribution in [0.3, 0.4) is 0 Å². The van der Waals surface area contributed by atoms with E-state index in [1.165, 1.54) is 173 Å². The van der Waals surface area contributed by atoms with E-state index in [-0.39, 0.29) is 31.1 Å². The van der Waals surface area contributed by atoms with Crippen molar-refractivity contribution < 1.29 is 28.6 Å². The Morgan fingerprint density at radius 1 is 0.292 bits per heavy atom. The van der Waals surface area contributed by atoms with Crippen molar-refractivity contribution in [1.82, 2.24) is 0 Å². The van der Waals surface area contributed by atoms with Gasteiger partial charge in [-0.25, -0.2) is 0 Å². The van der Waals surface area contributed by atoms with Crippen molar-refractivity contribution in [3.8, 4) is 0 Å². The van der Waals surface area contributed by atoms with E-state index in [1.807, 2.05) is 0 Å². The molecular weight excluding hydrogens is 889 g/mol. The van der Waals surface area contributed by atoms with Crippen molar-refractivity contribution in [3.63, 3.8) is 0 Å². The number of carbonyl (C=O) groups excluding carboxylic acids is 3. The third-order valence-corrected chi connectivity index (χ3v) is 13.4. The fourth-order valence-electron chi connectivity index (χ4n) is 8.82. The third kappa shape index (κ3) is 57.7. The van der Waals surface area contributed by atoms with Crippen LogP contribution in [-0.2, 0) is 28.6 Å². The molecule has 0 heterocycles. The standard InChI is InChI=1S/C66H116O6/c1-4-7-10-13-16-19-21-23-25-26-27-28-29-30-31-32-33-34-35-36-37-38-39-40-42-43-45-47-50-53-56-59-65(68)71-62-63(61-70-64(67)58-55-52-49-18-15-12-9-6-3)72-66(69)60-57-54-51-48-46-44-41-24-22-20-17-14-11-8-5-2/h7,10,16,19,23-25,27-28,30-31,41,63H,4-6,8-9,11-15,17-18,20-22,26,29,32-40,42-62H2,1-3H3/b10-7-,19-16-,25-23-,28-27-,31-30-,41-24-. The molecule has 0 spiro atoms. The van der Waals surface area contributed by atoms with Crippen LogP contribution in [0.1, 0.15) is 310 Å². The number of ether oxygens (including phenoxy) is 3. The van der Waals surface area contributed by atoms with Crippen molar-refractivity contribution in [2.45, 2.75) is 316 Å². The summed E-state index contributed by atoms with van der Waals surface area (Å²) < 4.78 is 16.8. The van der Waals surface area contributed by atoms with Gasteiger partial charge in [-0.3, -0.25) is 14.4 Å². The van der Waals surface area contributed by atoms with Gasteiger partial charge >= 0.3 is 17.9 Å². The summed E-state index contributed by atoms with van der Waals surface area (Å²) in [6.45, 7) is 6.51. The van der Waals surface area contributed by atoms with E-state index >= 15 is 0 Å². The molecule has 0 fully saturated rings. The number of unbranched alkanes of at least 4 members (excludes halogenated alkanes) is 33. The van der Waals surface area contributed by atoms with Gasteiger partial charge in [0.1, 0.15) is 13.2 Å². The van der Waals surface area contributed by atoms with Gasteiger partial charge in [0.05, 0.1) is 0 Å². The van der Waals surface area contributed by atoms with Crippen LogP contribution >= 0.6 is 0 Å². The predicted octanol–water partition coefficient (Wildman–Crippen LogP) is 20.9. The molecule has 0 radical (unpaired) electrons. The van der Waals surface area contributed by atoms with Gasteiger partial charge in [-0.2, -0.15) is 0 Å². The van der Waals surface area contributed by atoms with Crippen LogP contribution in [-0.4, -0.2) is 37.2 Å². The van der Waals surface area contributed by atoms with Crippen molar-refractivity contribution in [2.75, 3.05) is 13.2 Å². The molecule has 0 rings (SSSR count). The van der Waals surface area contributed by atoms with Gasteiger partial charge in [0.2, 0.25) is 0 Å². The second-order valence-electron chi connectivity index (χ2n) is 20.6. The summed E-state index contributed by atoms with van der Waals surface area (Å²) in [5.41, 5.74) is 0. The smallest absolute Gasteiger partial charge is 0.306 e. The molecule has 1 unspecified atom stereocenters. The van der Waals surface area contributed by atoms with Gasteiger partial charge in [0, 0.05) is 19.3 Å². The number of carbonyl (C=O) groups is 3. The molecule has 6 heteroatoms. The Bertz CT molecular complexity index is 1340. The molecule has 416 valence electrons. The van der Waals surface area contributed by atoms with E-state index in [2.05, 4.69) is 93.7 Å². The molecule has 72 heavy (non-hydrogen) atoms. The second-order valence-corrected chi connectivity index (χ2v) is 20.6. The predicted molar refractivity (Wildman–Crippen MR) is 311 cm³/mol. The summed E-state index contributed by atoms with van der Waals surface area (Å²) in [4.78, 5) is 38.0. The lowest BCUT2D eigenvalue weighted by Gasteiger charge is -2.18. The van der Waals surface area contributed by atoms with E-state index < -0.39 is 6.10 Å². The highest BCUT2D eigenvalue weighted by Gasteiger charge is 2.19. The average Bonchev–Trinajstić information content (AvgIpc) is 3.38. The van der Waals surface area contributed by atoms with Gasteiger partial charge in [-0.1, -0.05) is 273 Å². The van der Waals surface area contributed by atoms with Crippen LogP contribution in [0.5, 0.6) is 0 Å². The molecule has 0 aromatic heterocycles. The first-order valence-corrected chi connectivity index (χ1v) is 30.9. The third-order valence-electron chi connectivity index (χ3n) is 13.4. The van der Waals surface area contributed by atoms with Crippen molar-refractivity contribution in [3.05, 3.63) is 72.9 Å². The largest absolute Gasteiger partial charge is 0.462 e. The molecule has 0 bridgehead atoms. The fourth-order valence-corrected chi connectivity index (χ4v) is 8.82. The Morgan fingerprint density at radius 2 is 0.542 bits per heavy atom. The summed E-state index contributed by atoms with van der Waals surface area (Å²) in [6.07, 6.45) is 77.9. The Balaban J connectivity index is 4.08. The van der Waals surface area contributed by atoms with E-state index in [1.54, 1.807) is 0 Å². The number of hydrogen-bond acceptors (Lipinski definition) is 6. The zero-order valence-corrected chi connectivity index (χ0v) is 47.7. The van der Waals surface area contributed by atoms with Crippen LogP contribution in [0.2, 0.25) is 0 Å². The minimum atomic E-state index is -0.775. The normalized spacial score (nSPS) is 12.5. The van der Waals surface area contributed by atoms with E-state index in [0.717, 1.165) is 96.3 Å². The van der Waals surface area contributed by atoms with Crippen molar-refractivity contribution in [1.29, 1.82) is 0 Å². The molecule has 0 aliphatic heterocycles. The molecule has 0 saturated carbocycles. The Labute approximate surface area is 446 Å². The number of rotatable bonds is 56. The topological polar surface area (TPSA) is 78.9 Å². The second kappa shape index (κ2) is 60.4. The highest BCUT2D eigenvalue weighted by Crippen LogP contribution is 2.16. The molecule has 0 aliphatic rings. The molecular formula is C66H116O6. The minimum Gasteiger partial charge on any atom is -0.462 e. The first-order chi connectivity index (χ1) is 35.5. The molecule has 0 aliphatic carbocycles. The molecule has 0 amide bonds. The van der Waals surface area contributed by atoms with E-state index in [9.17, 15) is 14.4 Å². The van der Waals surface area contributed by atoms with Gasteiger partial charge < -0.3 is 14.2 Å². The fraction of sp³-hybridized carbons (Fsp3) is 0.773. The van der Waals surface area contributed by atoms with E-state index in [0.29, 0.717) is 19.3 Å². The highest BCUT2D eigenvalue weighted by atomic mass is 16.6. The monoisotopic (exact) mass is 1000 g/mol. The lowest BCUT2D eigenvalue weighted by Crippen LogP contribution is -2.30. The molecule has 0 aromatic carbocycles. The lowest BCUT2D eigenvalue weighted by atomic mass is 10.0. The summed E-state index contributed by atoms with van der Waals surface area (Å²) in [7, 11) is 0. The minimum absolute atomic E-state index is 0.0747. The number of allylic oxidation sites excluding steroid dienone is 12. The maximum atomic E-state index is 12.8. The highest BCUT2D eigenvalue weighted by molar-refractivity contribution is 5.71. The van der Waals surface area contributed by atoms with Gasteiger partial charge in [-0.15, -0.1) is 0 Å². The molecule has 0 aromatic rings. The molecule has 6 nitrogen and oxygen atoms in total. The van der Waals surface area contributed by atoms with Gasteiger partial charge in [0.25, 0.3) is 0 Å². The van der Waals surface area contributed by atoms with Crippen LogP contribution in [0.4, 0.5) is 0 Å². The number of esters is 3. The van der Waals surface area contributed by atoms with Crippen molar-refractivity contribution >= 4 is 17.9 Å². The van der Waals surface area contributed by atoms with Crippen LogP contribution < -0.4 is 0 Å². The Hall–Kier alpha value is -3.15. The zero-order valence-electron chi connectivity index (χ0n) is 47.7.